The van der Waals surface area contributed by atoms with Gasteiger partial charge in [0.25, 0.3) is 0 Å². The highest BCUT2D eigenvalue weighted by Gasteiger charge is 2.14. The van der Waals surface area contributed by atoms with Gasteiger partial charge in [-0.15, -0.1) is 0 Å². The van der Waals surface area contributed by atoms with Crippen LogP contribution in [0.3, 0.4) is 0 Å². The first-order chi connectivity index (χ1) is 10.1. The summed E-state index contributed by atoms with van der Waals surface area (Å²) in [6.45, 7) is 8.37. The van der Waals surface area contributed by atoms with E-state index in [1.54, 1.807) is 0 Å². The van der Waals surface area contributed by atoms with Crippen molar-refractivity contribution in [2.45, 2.75) is 26.8 Å². The van der Waals surface area contributed by atoms with E-state index in [-0.39, 0.29) is 11.9 Å². The highest BCUT2D eigenvalue weighted by atomic mass is 16.6. The molecule has 1 unspecified atom stereocenters. The first-order valence-corrected chi connectivity index (χ1v) is 7.46. The summed E-state index contributed by atoms with van der Waals surface area (Å²) in [6, 6.07) is 5.96. The summed E-state index contributed by atoms with van der Waals surface area (Å²) in [4.78, 5) is 11.7. The molecule has 1 aromatic carbocycles. The molecule has 0 fully saturated rings. The van der Waals surface area contributed by atoms with Crippen molar-refractivity contribution in [3.05, 3.63) is 23.8 Å². The molecule has 116 valence electrons. The van der Waals surface area contributed by atoms with Crippen LogP contribution in [0.4, 0.5) is 0 Å². The lowest BCUT2D eigenvalue weighted by Crippen LogP contribution is -2.36. The molecule has 0 saturated carbocycles. The molecule has 21 heavy (non-hydrogen) atoms. The zero-order valence-electron chi connectivity index (χ0n) is 12.9. The van der Waals surface area contributed by atoms with Gasteiger partial charge in [0.1, 0.15) is 13.2 Å². The highest BCUT2D eigenvalue weighted by molar-refractivity contribution is 5.78. The van der Waals surface area contributed by atoms with E-state index in [4.69, 9.17) is 9.47 Å². The van der Waals surface area contributed by atoms with Gasteiger partial charge in [0.05, 0.1) is 6.54 Å². The molecule has 0 aromatic heterocycles. The maximum atomic E-state index is 11.7. The van der Waals surface area contributed by atoms with Gasteiger partial charge in [-0.2, -0.15) is 0 Å². The molecule has 2 N–H and O–H groups in total. The number of benzene rings is 1. The molecule has 1 heterocycles. The van der Waals surface area contributed by atoms with Gasteiger partial charge in [0, 0.05) is 12.6 Å². The van der Waals surface area contributed by atoms with E-state index in [9.17, 15) is 4.79 Å². The number of carbonyl (C=O) groups excluding carboxylic acids is 1. The Labute approximate surface area is 126 Å². The van der Waals surface area contributed by atoms with Crippen LogP contribution in [0.2, 0.25) is 0 Å². The van der Waals surface area contributed by atoms with E-state index >= 15 is 0 Å². The average Bonchev–Trinajstić information content (AvgIpc) is 2.50. The maximum Gasteiger partial charge on any atom is 0.233 e. The molecule has 0 radical (unpaired) electrons. The van der Waals surface area contributed by atoms with Crippen LogP contribution in [-0.4, -0.2) is 32.2 Å². The van der Waals surface area contributed by atoms with E-state index < -0.39 is 0 Å². The van der Waals surface area contributed by atoms with Crippen molar-refractivity contribution in [2.75, 3.05) is 26.3 Å². The Balaban J connectivity index is 1.85. The van der Waals surface area contributed by atoms with Gasteiger partial charge in [0.15, 0.2) is 11.5 Å². The molecule has 5 nitrogen and oxygen atoms in total. The fraction of sp³-hybridized carbons (Fsp3) is 0.562. The Morgan fingerprint density at radius 3 is 2.62 bits per heavy atom. The monoisotopic (exact) mass is 292 g/mol. The van der Waals surface area contributed by atoms with Crippen LogP contribution in [0, 0.1) is 5.92 Å². The third kappa shape index (κ3) is 4.63. The molecule has 1 amide bonds. The quantitative estimate of drug-likeness (QED) is 0.840. The minimum atomic E-state index is 0.0214. The van der Waals surface area contributed by atoms with Crippen LogP contribution >= 0.6 is 0 Å². The molecule has 5 heteroatoms. The SMILES string of the molecule is CC(C)CNC(=O)CNC(C)c1ccc2c(c1)OCCO2. The summed E-state index contributed by atoms with van der Waals surface area (Å²) >= 11 is 0. The van der Waals surface area contributed by atoms with Crippen molar-refractivity contribution >= 4 is 5.91 Å². The van der Waals surface area contributed by atoms with Crippen molar-refractivity contribution in [3.8, 4) is 11.5 Å². The topological polar surface area (TPSA) is 59.6 Å². The summed E-state index contributed by atoms with van der Waals surface area (Å²) in [6.07, 6.45) is 0. The van der Waals surface area contributed by atoms with Gasteiger partial charge in [-0.05, 0) is 30.5 Å². The predicted molar refractivity (Wildman–Crippen MR) is 81.7 cm³/mol. The summed E-state index contributed by atoms with van der Waals surface area (Å²) < 4.78 is 11.1. The van der Waals surface area contributed by atoms with Crippen molar-refractivity contribution < 1.29 is 14.3 Å². The van der Waals surface area contributed by atoms with Gasteiger partial charge in [-0.3, -0.25) is 4.79 Å². The van der Waals surface area contributed by atoms with Crippen LogP contribution in [0.1, 0.15) is 32.4 Å². The van der Waals surface area contributed by atoms with Crippen molar-refractivity contribution in [1.29, 1.82) is 0 Å². The molecule has 0 saturated heterocycles. The van der Waals surface area contributed by atoms with Crippen molar-refractivity contribution in [1.82, 2.24) is 10.6 Å². The Hall–Kier alpha value is -1.75. The molecule has 0 bridgehead atoms. The molecule has 1 aliphatic heterocycles. The molecular formula is C16H24N2O3. The molecule has 2 rings (SSSR count). The van der Waals surface area contributed by atoms with Crippen LogP contribution in [0.5, 0.6) is 11.5 Å². The highest BCUT2D eigenvalue weighted by Crippen LogP contribution is 2.32. The summed E-state index contributed by atoms with van der Waals surface area (Å²) in [7, 11) is 0. The van der Waals surface area contributed by atoms with E-state index in [1.165, 1.54) is 0 Å². The van der Waals surface area contributed by atoms with Crippen LogP contribution < -0.4 is 20.1 Å². The number of amides is 1. The normalized spacial score (nSPS) is 14.9. The molecule has 0 aliphatic carbocycles. The molecular weight excluding hydrogens is 268 g/mol. The largest absolute Gasteiger partial charge is 0.486 e. The molecule has 0 spiro atoms. The second kappa shape index (κ2) is 7.31. The van der Waals surface area contributed by atoms with Gasteiger partial charge >= 0.3 is 0 Å². The van der Waals surface area contributed by atoms with Gasteiger partial charge in [0.2, 0.25) is 5.91 Å². The maximum absolute atomic E-state index is 11.7. The number of hydrogen-bond acceptors (Lipinski definition) is 4. The van der Waals surface area contributed by atoms with Crippen LogP contribution in [0.15, 0.2) is 18.2 Å². The Morgan fingerprint density at radius 2 is 1.90 bits per heavy atom. The van der Waals surface area contributed by atoms with Crippen molar-refractivity contribution in [3.63, 3.8) is 0 Å². The third-order valence-electron chi connectivity index (χ3n) is 3.34. The lowest BCUT2D eigenvalue weighted by Gasteiger charge is -2.21. The summed E-state index contributed by atoms with van der Waals surface area (Å²) in [5, 5.41) is 6.11. The van der Waals surface area contributed by atoms with Gasteiger partial charge in [-0.1, -0.05) is 19.9 Å². The second-order valence-electron chi connectivity index (χ2n) is 5.70. The fourth-order valence-corrected chi connectivity index (χ4v) is 2.07. The first-order valence-electron chi connectivity index (χ1n) is 7.46. The minimum Gasteiger partial charge on any atom is -0.486 e. The van der Waals surface area contributed by atoms with E-state index in [0.29, 0.717) is 32.2 Å². The smallest absolute Gasteiger partial charge is 0.233 e. The van der Waals surface area contributed by atoms with Crippen molar-refractivity contribution in [2.24, 2.45) is 5.92 Å². The van der Waals surface area contributed by atoms with E-state index in [0.717, 1.165) is 17.1 Å². The number of fused-ring (bicyclic) bond motifs is 1. The minimum absolute atomic E-state index is 0.0214. The second-order valence-corrected chi connectivity index (χ2v) is 5.70. The Bertz CT molecular complexity index is 488. The van der Waals surface area contributed by atoms with Gasteiger partial charge < -0.3 is 20.1 Å². The summed E-state index contributed by atoms with van der Waals surface area (Å²) in [5.41, 5.74) is 1.08. The number of nitrogens with one attached hydrogen (secondary N) is 2. The Morgan fingerprint density at radius 1 is 1.19 bits per heavy atom. The average molecular weight is 292 g/mol. The summed E-state index contributed by atoms with van der Waals surface area (Å²) in [5.74, 6) is 2.04. The zero-order valence-corrected chi connectivity index (χ0v) is 12.9. The van der Waals surface area contributed by atoms with Crippen LogP contribution in [0.25, 0.3) is 0 Å². The lowest BCUT2D eigenvalue weighted by atomic mass is 10.1. The standard InChI is InChI=1S/C16H24N2O3/c1-11(2)9-18-16(19)10-17-12(3)13-4-5-14-15(8-13)21-7-6-20-14/h4-5,8,11-12,17H,6-7,9-10H2,1-3H3,(H,18,19). The van der Waals surface area contributed by atoms with E-state index in [2.05, 4.69) is 24.5 Å². The van der Waals surface area contributed by atoms with Gasteiger partial charge in [-0.25, -0.2) is 0 Å². The first kappa shape index (κ1) is 15.6. The number of ether oxygens (including phenoxy) is 2. The number of hydrogen-bond donors (Lipinski definition) is 2. The predicted octanol–water partition coefficient (Wildman–Crippen LogP) is 1.88. The molecule has 1 atom stereocenters. The third-order valence-corrected chi connectivity index (χ3v) is 3.34. The number of rotatable bonds is 6. The van der Waals surface area contributed by atoms with E-state index in [1.807, 2.05) is 25.1 Å². The molecule has 1 aliphatic rings. The lowest BCUT2D eigenvalue weighted by molar-refractivity contribution is -0.120. The fourth-order valence-electron chi connectivity index (χ4n) is 2.07. The number of carbonyl (C=O) groups is 1. The van der Waals surface area contributed by atoms with Crippen LogP contribution in [-0.2, 0) is 4.79 Å². The molecule has 1 aromatic rings. The Kier molecular flexibility index (Phi) is 5.44. The zero-order chi connectivity index (χ0) is 15.2.